The first-order chi connectivity index (χ1) is 18.0. The molecule has 2 aliphatic heterocycles. The summed E-state index contributed by atoms with van der Waals surface area (Å²) in [7, 11) is 7.73. The topological polar surface area (TPSA) is 66.0 Å². The number of halogens is 3. The fourth-order valence-corrected chi connectivity index (χ4v) is 5.56. The van der Waals surface area contributed by atoms with Gasteiger partial charge in [-0.3, -0.25) is 4.90 Å². The van der Waals surface area contributed by atoms with Crippen molar-refractivity contribution in [3.05, 3.63) is 53.7 Å². The average molecular weight is 614 g/mol. The molecule has 1 aromatic heterocycles. The van der Waals surface area contributed by atoms with E-state index in [1.54, 1.807) is 14.2 Å². The molecule has 0 unspecified atom stereocenters. The van der Waals surface area contributed by atoms with Crippen molar-refractivity contribution in [1.29, 1.82) is 0 Å². The zero-order chi connectivity index (χ0) is 25.8. The Kier molecular flexibility index (Phi) is 13.5. The Morgan fingerprint density at radius 3 is 2.25 bits per heavy atom. The molecule has 0 saturated carbocycles. The third-order valence-corrected chi connectivity index (χ3v) is 7.87. The first-order valence-electron chi connectivity index (χ1n) is 13.4. The molecule has 2 saturated heterocycles. The molecule has 8 nitrogen and oxygen atoms in total. The van der Waals surface area contributed by atoms with E-state index in [1.807, 2.05) is 18.2 Å². The maximum atomic E-state index is 5.47. The van der Waals surface area contributed by atoms with Crippen LogP contribution in [0.2, 0.25) is 0 Å². The molecule has 2 aromatic carbocycles. The monoisotopic (exact) mass is 612 g/mol. The quantitative estimate of drug-likeness (QED) is 0.350. The Bertz CT molecular complexity index is 1190. The Balaban J connectivity index is 0.00000187. The van der Waals surface area contributed by atoms with Crippen LogP contribution in [0, 0.1) is 0 Å². The highest BCUT2D eigenvalue weighted by atomic mass is 35.5. The lowest BCUT2D eigenvalue weighted by Gasteiger charge is -2.33. The maximum absolute atomic E-state index is 5.47. The van der Waals surface area contributed by atoms with Gasteiger partial charge in [-0.15, -0.1) is 42.3 Å². The van der Waals surface area contributed by atoms with Crippen LogP contribution in [0.3, 0.4) is 0 Å². The molecule has 0 bridgehead atoms. The number of benzene rings is 2. The number of hydrogen-bond donors (Lipinski definition) is 1. The summed E-state index contributed by atoms with van der Waals surface area (Å²) in [6.07, 6.45) is 3.39. The summed E-state index contributed by atoms with van der Waals surface area (Å²) in [4.78, 5) is 7.41. The molecule has 0 aliphatic carbocycles. The van der Waals surface area contributed by atoms with Gasteiger partial charge in [-0.2, -0.15) is 5.10 Å². The highest BCUT2D eigenvalue weighted by molar-refractivity contribution is 5.94. The predicted molar refractivity (Wildman–Crippen MR) is 171 cm³/mol. The number of nitrogens with zero attached hydrogens (tertiary/aromatic N) is 5. The molecule has 2 fully saturated rings. The molecule has 1 atom stereocenters. The minimum absolute atomic E-state index is 0. The Labute approximate surface area is 257 Å². The number of rotatable bonds is 9. The molecule has 0 spiro atoms. The Morgan fingerprint density at radius 1 is 0.900 bits per heavy atom. The number of piperidine rings is 1. The van der Waals surface area contributed by atoms with Gasteiger partial charge in [0.1, 0.15) is 5.75 Å². The smallest absolute Gasteiger partial charge is 0.156 e. The molecule has 5 rings (SSSR count). The maximum Gasteiger partial charge on any atom is 0.156 e. The van der Waals surface area contributed by atoms with Gasteiger partial charge in [-0.1, -0.05) is 12.1 Å². The number of anilines is 2. The molecule has 3 heterocycles. The SMILES string of the molecule is COCc1nnc(NC2CCN(Cc3ccc(N4CC[C@@H](N(C)C)C4)cc3)CC2)c2cc(OC)ccc12.Cl.Cl.Cl. The predicted octanol–water partition coefficient (Wildman–Crippen LogP) is 5.27. The molecule has 2 aliphatic rings. The number of hydrogen-bond acceptors (Lipinski definition) is 8. The van der Waals surface area contributed by atoms with Gasteiger partial charge in [-0.25, -0.2) is 0 Å². The first-order valence-corrected chi connectivity index (χ1v) is 13.4. The average Bonchev–Trinajstić information content (AvgIpc) is 3.42. The van der Waals surface area contributed by atoms with Crippen LogP contribution in [-0.4, -0.2) is 86.6 Å². The van der Waals surface area contributed by atoms with Crippen LogP contribution in [0.5, 0.6) is 5.75 Å². The van der Waals surface area contributed by atoms with Crippen LogP contribution in [0.15, 0.2) is 42.5 Å². The summed E-state index contributed by atoms with van der Waals surface area (Å²) < 4.78 is 10.8. The van der Waals surface area contributed by atoms with Crippen LogP contribution < -0.4 is 15.0 Å². The van der Waals surface area contributed by atoms with Gasteiger partial charge in [-0.05, 0) is 69.3 Å². The summed E-state index contributed by atoms with van der Waals surface area (Å²) in [5.41, 5.74) is 3.57. The van der Waals surface area contributed by atoms with Crippen molar-refractivity contribution in [2.24, 2.45) is 0 Å². The third-order valence-electron chi connectivity index (χ3n) is 7.87. The summed E-state index contributed by atoms with van der Waals surface area (Å²) in [5.74, 6) is 1.64. The number of aromatic nitrogens is 2. The zero-order valence-corrected chi connectivity index (χ0v) is 26.3. The normalized spacial score (nSPS) is 17.7. The van der Waals surface area contributed by atoms with E-state index in [0.717, 1.165) is 73.6 Å². The fraction of sp³-hybridized carbons (Fsp3) is 0.517. The van der Waals surface area contributed by atoms with Crippen LogP contribution in [0.4, 0.5) is 11.5 Å². The van der Waals surface area contributed by atoms with Gasteiger partial charge < -0.3 is 24.6 Å². The van der Waals surface area contributed by atoms with Crippen LogP contribution in [0.1, 0.15) is 30.5 Å². The van der Waals surface area contributed by atoms with E-state index in [9.17, 15) is 0 Å². The zero-order valence-electron chi connectivity index (χ0n) is 23.8. The molecule has 3 aromatic rings. The number of likely N-dealkylation sites (tertiary alicyclic amines) is 1. The second-order valence-electron chi connectivity index (χ2n) is 10.6. The van der Waals surface area contributed by atoms with Crippen molar-refractivity contribution < 1.29 is 9.47 Å². The van der Waals surface area contributed by atoms with Gasteiger partial charge in [0, 0.05) is 68.4 Å². The van der Waals surface area contributed by atoms with Crippen molar-refractivity contribution >= 4 is 59.5 Å². The van der Waals surface area contributed by atoms with Gasteiger partial charge in [0.25, 0.3) is 0 Å². The van der Waals surface area contributed by atoms with E-state index in [2.05, 4.69) is 68.6 Å². The largest absolute Gasteiger partial charge is 0.497 e. The van der Waals surface area contributed by atoms with Gasteiger partial charge in [0.05, 0.1) is 19.4 Å². The lowest BCUT2D eigenvalue weighted by Crippen LogP contribution is -2.38. The molecular weight excluding hydrogens is 571 g/mol. The third kappa shape index (κ3) is 8.02. The summed E-state index contributed by atoms with van der Waals surface area (Å²) >= 11 is 0. The molecule has 0 amide bonds. The second kappa shape index (κ2) is 15.8. The van der Waals surface area contributed by atoms with Crippen molar-refractivity contribution in [2.45, 2.75) is 44.5 Å². The van der Waals surface area contributed by atoms with E-state index in [1.165, 1.54) is 17.7 Å². The van der Waals surface area contributed by atoms with Crippen LogP contribution >= 0.6 is 37.2 Å². The molecule has 222 valence electrons. The number of methoxy groups -OCH3 is 2. The number of likely N-dealkylation sites (N-methyl/N-ethyl adjacent to an activating group) is 1. The minimum atomic E-state index is 0. The molecule has 40 heavy (non-hydrogen) atoms. The van der Waals surface area contributed by atoms with Crippen molar-refractivity contribution in [1.82, 2.24) is 20.0 Å². The van der Waals surface area contributed by atoms with Gasteiger partial charge >= 0.3 is 0 Å². The van der Waals surface area contributed by atoms with Gasteiger partial charge in [0.15, 0.2) is 5.82 Å². The summed E-state index contributed by atoms with van der Waals surface area (Å²) in [5, 5.41) is 14.7. The van der Waals surface area contributed by atoms with E-state index < -0.39 is 0 Å². The van der Waals surface area contributed by atoms with Crippen molar-refractivity contribution in [3.63, 3.8) is 0 Å². The Morgan fingerprint density at radius 2 is 1.62 bits per heavy atom. The molecular formula is C29H43Cl3N6O2. The molecule has 11 heteroatoms. The molecule has 1 N–H and O–H groups in total. The van der Waals surface area contributed by atoms with E-state index in [4.69, 9.17) is 9.47 Å². The number of nitrogens with one attached hydrogen (secondary N) is 1. The van der Waals surface area contributed by atoms with Crippen LogP contribution in [-0.2, 0) is 17.9 Å². The number of ether oxygens (including phenoxy) is 2. The second-order valence-corrected chi connectivity index (χ2v) is 10.6. The minimum Gasteiger partial charge on any atom is -0.497 e. The first kappa shape index (κ1) is 34.1. The van der Waals surface area contributed by atoms with Crippen molar-refractivity contribution in [2.75, 3.05) is 64.7 Å². The lowest BCUT2D eigenvalue weighted by molar-refractivity contribution is 0.182. The van der Waals surface area contributed by atoms with E-state index in [-0.39, 0.29) is 37.2 Å². The fourth-order valence-electron chi connectivity index (χ4n) is 5.56. The lowest BCUT2D eigenvalue weighted by atomic mass is 10.0. The summed E-state index contributed by atoms with van der Waals surface area (Å²) in [6, 6.07) is 16.3. The standard InChI is InChI=1S/C29H40N6O2.3ClH/c1-33(2)24-13-16-35(19-24)23-7-5-21(6-8-23)18-34-14-11-22(12-15-34)30-29-27-17-25(37-4)9-10-26(27)28(20-36-3)31-32-29;;;/h5-10,17,22,24H,11-16,18-20H2,1-4H3,(H,30,32);3*1H/t24-;;;/m1.../s1. The van der Waals surface area contributed by atoms with Crippen molar-refractivity contribution in [3.8, 4) is 5.75 Å². The van der Waals surface area contributed by atoms with E-state index >= 15 is 0 Å². The highest BCUT2D eigenvalue weighted by Crippen LogP contribution is 2.29. The highest BCUT2D eigenvalue weighted by Gasteiger charge is 2.24. The molecule has 0 radical (unpaired) electrons. The Hall–Kier alpha value is -2.07. The summed E-state index contributed by atoms with van der Waals surface area (Å²) in [6.45, 7) is 5.82. The van der Waals surface area contributed by atoms with Gasteiger partial charge in [0.2, 0.25) is 0 Å². The van der Waals surface area contributed by atoms with Crippen LogP contribution in [0.25, 0.3) is 10.8 Å². The van der Waals surface area contributed by atoms with E-state index in [0.29, 0.717) is 18.7 Å². The number of fused-ring (bicyclic) bond motifs is 1.